The third-order valence-electron chi connectivity index (χ3n) is 4.63. The summed E-state index contributed by atoms with van der Waals surface area (Å²) in [5, 5.41) is 9.18. The summed E-state index contributed by atoms with van der Waals surface area (Å²) in [7, 11) is 1.59. The highest BCUT2D eigenvalue weighted by Gasteiger charge is 2.45. The molecule has 5 heteroatoms. The van der Waals surface area contributed by atoms with Gasteiger partial charge in [-0.1, -0.05) is 13.0 Å². The first-order valence-corrected chi connectivity index (χ1v) is 7.45. The molecule has 0 amide bonds. The van der Waals surface area contributed by atoms with Crippen LogP contribution in [-0.4, -0.2) is 17.5 Å². The molecule has 1 aromatic carbocycles. The van der Waals surface area contributed by atoms with Crippen LogP contribution in [-0.2, 0) is 4.74 Å². The molecule has 3 rings (SSSR count). The lowest BCUT2D eigenvalue weighted by Gasteiger charge is -2.44. The van der Waals surface area contributed by atoms with Crippen molar-refractivity contribution in [2.45, 2.75) is 25.7 Å². The minimum atomic E-state index is -0.860. The van der Waals surface area contributed by atoms with Crippen molar-refractivity contribution in [3.8, 4) is 11.8 Å². The minimum absolute atomic E-state index is 0.0991. The molecule has 1 aromatic heterocycles. The van der Waals surface area contributed by atoms with Crippen molar-refractivity contribution in [3.05, 3.63) is 64.1 Å². The molecule has 0 N–H and O–H groups in total. The topological polar surface area (TPSA) is 64.2 Å². The van der Waals surface area contributed by atoms with E-state index < -0.39 is 5.79 Å². The summed E-state index contributed by atoms with van der Waals surface area (Å²) < 4.78 is 13.3. The van der Waals surface area contributed by atoms with Crippen LogP contribution in [0.4, 0.5) is 0 Å². The minimum Gasteiger partial charge on any atom is -0.462 e. The fourth-order valence-corrected chi connectivity index (χ4v) is 3.10. The summed E-state index contributed by atoms with van der Waals surface area (Å²) in [6.45, 7) is 3.84. The van der Waals surface area contributed by atoms with Crippen LogP contribution in [0.2, 0.25) is 0 Å². The van der Waals surface area contributed by atoms with Gasteiger partial charge in [-0.25, -0.2) is 0 Å². The van der Waals surface area contributed by atoms with Crippen molar-refractivity contribution in [2.24, 2.45) is 5.92 Å². The molecular weight excluding hydrogens is 292 g/mol. The molecule has 2 heterocycles. The van der Waals surface area contributed by atoms with Crippen LogP contribution >= 0.6 is 0 Å². The average Bonchev–Trinajstić information content (AvgIpc) is 2.57. The van der Waals surface area contributed by atoms with Gasteiger partial charge in [-0.2, -0.15) is 5.26 Å². The van der Waals surface area contributed by atoms with E-state index in [4.69, 9.17) is 9.47 Å². The van der Waals surface area contributed by atoms with Crippen molar-refractivity contribution < 1.29 is 9.47 Å². The van der Waals surface area contributed by atoms with Crippen molar-refractivity contribution in [1.29, 1.82) is 5.26 Å². The number of methoxy groups -OCH3 is 1. The number of nitriles is 1. The van der Waals surface area contributed by atoms with Gasteiger partial charge in [0.15, 0.2) is 0 Å². The highest BCUT2D eigenvalue weighted by Crippen LogP contribution is 2.45. The zero-order chi connectivity index (χ0) is 16.6. The molecule has 0 fully saturated rings. The predicted octanol–water partition coefficient (Wildman–Crippen LogP) is 2.70. The highest BCUT2D eigenvalue weighted by atomic mass is 16.7. The Labute approximate surface area is 134 Å². The summed E-state index contributed by atoms with van der Waals surface area (Å²) >= 11 is 0. The zero-order valence-electron chi connectivity index (χ0n) is 13.3. The summed E-state index contributed by atoms with van der Waals surface area (Å²) in [6.07, 6.45) is 1.76. The van der Waals surface area contributed by atoms with Gasteiger partial charge in [-0.05, 0) is 24.3 Å². The lowest BCUT2D eigenvalue weighted by molar-refractivity contribution is -0.199. The summed E-state index contributed by atoms with van der Waals surface area (Å²) in [5.74, 6) is -0.359. The van der Waals surface area contributed by atoms with Gasteiger partial charge < -0.3 is 14.0 Å². The van der Waals surface area contributed by atoms with Crippen molar-refractivity contribution in [1.82, 2.24) is 4.57 Å². The first-order chi connectivity index (χ1) is 11.0. The molecule has 0 saturated heterocycles. The third-order valence-corrected chi connectivity index (χ3v) is 4.63. The molecule has 2 aromatic rings. The van der Waals surface area contributed by atoms with Gasteiger partial charge in [0.1, 0.15) is 5.75 Å². The van der Waals surface area contributed by atoms with E-state index >= 15 is 0 Å². The molecule has 118 valence electrons. The van der Waals surface area contributed by atoms with E-state index in [1.54, 1.807) is 42.1 Å². The quantitative estimate of drug-likeness (QED) is 0.855. The van der Waals surface area contributed by atoms with Gasteiger partial charge in [0.05, 0.1) is 17.7 Å². The Balaban J connectivity index is 2.26. The van der Waals surface area contributed by atoms with Gasteiger partial charge >= 0.3 is 0 Å². The van der Waals surface area contributed by atoms with Gasteiger partial charge in [0.25, 0.3) is 5.56 Å². The molecule has 1 aliphatic rings. The van der Waals surface area contributed by atoms with Gasteiger partial charge in [0.2, 0.25) is 5.79 Å². The van der Waals surface area contributed by atoms with Gasteiger partial charge in [0, 0.05) is 37.8 Å². The number of hydrogen-bond acceptors (Lipinski definition) is 4. The lowest BCUT2D eigenvalue weighted by Crippen LogP contribution is -2.50. The van der Waals surface area contributed by atoms with Crippen LogP contribution in [0, 0.1) is 17.2 Å². The second-order valence-electron chi connectivity index (χ2n) is 5.87. The molecule has 0 bridgehead atoms. The smallest absolute Gasteiger partial charge is 0.251 e. The van der Waals surface area contributed by atoms with Crippen LogP contribution in [0.1, 0.15) is 31.0 Å². The van der Waals surface area contributed by atoms with E-state index in [0.717, 1.165) is 5.56 Å². The highest BCUT2D eigenvalue weighted by molar-refractivity contribution is 5.46. The second-order valence-corrected chi connectivity index (χ2v) is 5.87. The Morgan fingerprint density at radius 3 is 2.78 bits per heavy atom. The number of benzene rings is 1. The number of rotatable bonds is 2. The number of pyridine rings is 1. The molecule has 5 nitrogen and oxygen atoms in total. The van der Waals surface area contributed by atoms with Crippen molar-refractivity contribution >= 4 is 0 Å². The predicted molar refractivity (Wildman–Crippen MR) is 85.2 cm³/mol. The Kier molecular flexibility index (Phi) is 3.70. The molecule has 3 unspecified atom stereocenters. The van der Waals surface area contributed by atoms with E-state index in [0.29, 0.717) is 11.3 Å². The van der Waals surface area contributed by atoms with Crippen LogP contribution < -0.4 is 10.3 Å². The average molecular weight is 310 g/mol. The number of fused-ring (bicyclic) bond motifs is 1. The molecule has 3 atom stereocenters. The summed E-state index contributed by atoms with van der Waals surface area (Å²) in [6, 6.07) is 12.2. The maximum atomic E-state index is 12.3. The van der Waals surface area contributed by atoms with E-state index in [1.165, 1.54) is 6.07 Å². The van der Waals surface area contributed by atoms with Gasteiger partial charge in [-0.15, -0.1) is 0 Å². The number of aromatic nitrogens is 1. The van der Waals surface area contributed by atoms with E-state index in [-0.39, 0.29) is 17.5 Å². The van der Waals surface area contributed by atoms with Crippen LogP contribution in [0.25, 0.3) is 0 Å². The van der Waals surface area contributed by atoms with E-state index in [2.05, 4.69) is 6.07 Å². The zero-order valence-corrected chi connectivity index (χ0v) is 13.3. The number of ether oxygens (including phenoxy) is 2. The Hall–Kier alpha value is -2.58. The first kappa shape index (κ1) is 15.3. The maximum absolute atomic E-state index is 12.3. The number of nitrogens with zero attached hydrogens (tertiary/aromatic N) is 2. The van der Waals surface area contributed by atoms with Gasteiger partial charge in [-0.3, -0.25) is 4.79 Å². The maximum Gasteiger partial charge on any atom is 0.251 e. The van der Waals surface area contributed by atoms with Crippen molar-refractivity contribution in [3.63, 3.8) is 0 Å². The molecule has 0 aliphatic carbocycles. The summed E-state index contributed by atoms with van der Waals surface area (Å²) in [5.41, 5.74) is 1.26. The molecule has 0 radical (unpaired) electrons. The van der Waals surface area contributed by atoms with Crippen LogP contribution in [0.5, 0.6) is 5.75 Å². The first-order valence-electron chi connectivity index (χ1n) is 7.45. The largest absolute Gasteiger partial charge is 0.462 e. The standard InChI is InChI=1S/C18H18N2O3/c1-12-17(20-9-5-4-6-16(20)21)14-10-13(11-19)7-8-15(14)23-18(12,2)22-3/h4-10,12,17H,1-3H3. The fraction of sp³-hybridized carbons (Fsp3) is 0.333. The van der Waals surface area contributed by atoms with E-state index in [1.807, 2.05) is 19.9 Å². The monoisotopic (exact) mass is 310 g/mol. The molecule has 0 saturated carbocycles. The van der Waals surface area contributed by atoms with Crippen LogP contribution in [0.15, 0.2) is 47.4 Å². The molecule has 1 aliphatic heterocycles. The second kappa shape index (κ2) is 5.56. The molecule has 23 heavy (non-hydrogen) atoms. The summed E-state index contributed by atoms with van der Waals surface area (Å²) in [4.78, 5) is 12.3. The van der Waals surface area contributed by atoms with E-state index in [9.17, 15) is 10.1 Å². The van der Waals surface area contributed by atoms with Crippen LogP contribution in [0.3, 0.4) is 0 Å². The van der Waals surface area contributed by atoms with Crippen molar-refractivity contribution in [2.75, 3.05) is 7.11 Å². The Bertz CT molecular complexity index is 837. The molecule has 0 spiro atoms. The fourth-order valence-electron chi connectivity index (χ4n) is 3.10. The third kappa shape index (κ3) is 2.41. The lowest BCUT2D eigenvalue weighted by atomic mass is 9.84. The number of hydrogen-bond donors (Lipinski definition) is 0. The Morgan fingerprint density at radius 1 is 1.35 bits per heavy atom. The Morgan fingerprint density at radius 2 is 2.13 bits per heavy atom. The molecular formula is C18H18N2O3. The SMILES string of the molecule is COC1(C)Oc2ccc(C#N)cc2C(n2ccccc2=O)C1C. The normalized spacial score (nSPS) is 26.0.